The molecule has 0 spiro atoms. The average molecular weight is 645 g/mol. The molecule has 1 aromatic rings. The number of rotatable bonds is 21. The predicted octanol–water partition coefficient (Wildman–Crippen LogP) is 7.73. The molecule has 0 aromatic heterocycles. The minimum Gasteiger partial charge on any atom is -0.461 e. The van der Waals surface area contributed by atoms with E-state index in [1.165, 1.54) is 0 Å². The van der Waals surface area contributed by atoms with Gasteiger partial charge in [0.1, 0.15) is 12.3 Å². The first-order valence-corrected chi connectivity index (χ1v) is 19.8. The van der Waals surface area contributed by atoms with E-state index >= 15 is 0 Å². The van der Waals surface area contributed by atoms with E-state index in [4.69, 9.17) is 32.4 Å². The maximum absolute atomic E-state index is 13.3. The predicted molar refractivity (Wildman–Crippen MR) is 172 cm³/mol. The zero-order chi connectivity index (χ0) is 32.1. The van der Waals surface area contributed by atoms with Gasteiger partial charge in [-0.1, -0.05) is 78.8 Å². The summed E-state index contributed by atoms with van der Waals surface area (Å²) in [5.41, 5.74) is 2.33. The lowest BCUT2D eigenvalue weighted by Crippen LogP contribution is -2.49. The average Bonchev–Trinajstić information content (AvgIpc) is 3.39. The molecule has 248 valence electrons. The summed E-state index contributed by atoms with van der Waals surface area (Å²) in [7, 11) is -5.79. The smallest absolute Gasteiger partial charge is 0.341 e. The first-order chi connectivity index (χ1) is 20.3. The fourth-order valence-electron chi connectivity index (χ4n) is 6.29. The molecule has 0 amide bonds. The van der Waals surface area contributed by atoms with Crippen LogP contribution in [0.4, 0.5) is 0 Å². The highest BCUT2D eigenvalue weighted by Gasteiger charge is 2.47. The van der Waals surface area contributed by atoms with Gasteiger partial charge in [-0.2, -0.15) is 0 Å². The molecule has 1 fully saturated rings. The molecule has 0 radical (unpaired) electrons. The molecule has 43 heavy (non-hydrogen) atoms. The van der Waals surface area contributed by atoms with E-state index in [1.54, 1.807) is 13.8 Å². The van der Waals surface area contributed by atoms with Crippen molar-refractivity contribution in [1.82, 2.24) is 0 Å². The van der Waals surface area contributed by atoms with Crippen LogP contribution in [0.2, 0.25) is 16.6 Å². The number of ether oxygens (including phenoxy) is 4. The van der Waals surface area contributed by atoms with E-state index < -0.39 is 39.9 Å². The minimum absolute atomic E-state index is 0.165. The first kappa shape index (κ1) is 38.1. The molecule has 9 nitrogen and oxygen atoms in total. The Kier molecular flexibility index (Phi) is 16.1. The third-order valence-electron chi connectivity index (χ3n) is 8.26. The van der Waals surface area contributed by atoms with Gasteiger partial charge in [-0.3, -0.25) is 9.36 Å². The van der Waals surface area contributed by atoms with Gasteiger partial charge in [0.15, 0.2) is 14.1 Å². The van der Waals surface area contributed by atoms with Gasteiger partial charge < -0.3 is 32.4 Å². The largest absolute Gasteiger partial charge is 0.461 e. The molecule has 1 aliphatic heterocycles. The Morgan fingerprint density at radius 3 is 2.00 bits per heavy atom. The van der Waals surface area contributed by atoms with Crippen LogP contribution in [0.1, 0.15) is 80.7 Å². The van der Waals surface area contributed by atoms with Crippen molar-refractivity contribution in [3.05, 3.63) is 35.9 Å². The van der Waals surface area contributed by atoms with Gasteiger partial charge >= 0.3 is 13.6 Å². The van der Waals surface area contributed by atoms with Crippen molar-refractivity contribution in [2.75, 3.05) is 45.8 Å². The van der Waals surface area contributed by atoms with Crippen LogP contribution in [0.15, 0.2) is 30.3 Å². The molecule has 0 bridgehead atoms. The third-order valence-corrected chi connectivity index (χ3v) is 16.3. The summed E-state index contributed by atoms with van der Waals surface area (Å²) in [5, 5.41) is 0. The van der Waals surface area contributed by atoms with Crippen molar-refractivity contribution < 1.29 is 41.8 Å². The molecule has 0 aliphatic carbocycles. The molecule has 0 saturated carbocycles. The third kappa shape index (κ3) is 11.3. The number of esters is 1. The second kappa shape index (κ2) is 18.1. The molecule has 1 saturated heterocycles. The summed E-state index contributed by atoms with van der Waals surface area (Å²) in [6, 6.07) is 9.98. The van der Waals surface area contributed by atoms with Crippen LogP contribution in [0, 0.1) is 5.92 Å². The quantitative estimate of drug-likeness (QED) is 0.0576. The Bertz CT molecular complexity index is 951. The highest BCUT2D eigenvalue weighted by molar-refractivity contribution is 7.54. The van der Waals surface area contributed by atoms with Gasteiger partial charge in [0, 0.05) is 25.4 Å². The fourth-order valence-corrected chi connectivity index (χ4v) is 13.3. The molecule has 1 aromatic carbocycles. The Labute approximate surface area is 261 Å². The van der Waals surface area contributed by atoms with Crippen LogP contribution in [0.5, 0.6) is 0 Å². The molecule has 2 atom stereocenters. The summed E-state index contributed by atoms with van der Waals surface area (Å²) in [5.74, 6) is -1.79. The molecule has 1 aliphatic rings. The number of carbonyl (C=O) groups excluding carboxylic acids is 1. The second-order valence-electron chi connectivity index (χ2n) is 12.3. The summed E-state index contributed by atoms with van der Waals surface area (Å²) in [6.07, 6.45) is -0.309. The van der Waals surface area contributed by atoms with Crippen molar-refractivity contribution in [2.24, 2.45) is 5.92 Å². The van der Waals surface area contributed by atoms with Crippen molar-refractivity contribution in [3.63, 3.8) is 0 Å². The van der Waals surface area contributed by atoms with Crippen LogP contribution in [0.25, 0.3) is 0 Å². The Balaban J connectivity index is 2.24. The number of benzene rings is 1. The fraction of sp³-hybridized carbons (Fsp3) is 0.781. The molecule has 1 heterocycles. The highest BCUT2D eigenvalue weighted by Crippen LogP contribution is 2.48. The Morgan fingerprint density at radius 1 is 0.930 bits per heavy atom. The molecular formula is C32H57O9PSi. The lowest BCUT2D eigenvalue weighted by molar-refractivity contribution is -0.200. The van der Waals surface area contributed by atoms with E-state index in [0.29, 0.717) is 62.5 Å². The van der Waals surface area contributed by atoms with E-state index in [-0.39, 0.29) is 19.1 Å². The van der Waals surface area contributed by atoms with Gasteiger partial charge in [0.2, 0.25) is 0 Å². The van der Waals surface area contributed by atoms with Crippen molar-refractivity contribution in [3.8, 4) is 0 Å². The highest BCUT2D eigenvalue weighted by atomic mass is 31.2. The zero-order valence-electron chi connectivity index (χ0n) is 28.0. The Hall–Kier alpha value is -1.10. The standard InChI is InChI=1S/C32H57O9PSi/c1-10-38-42(34,39-11-2)24-31(33)41-30(28(9)22-40-43(25(3)4,26(5)6)27(7)8)21-32(36-19-20-37-32)17-18-35-23-29-15-13-12-14-16-29/h12-16,25-28,30H,10-11,17-24H2,1-9H3/t28-,30-/m1/s1. The number of carbonyl (C=O) groups is 1. The van der Waals surface area contributed by atoms with Crippen LogP contribution in [-0.2, 0) is 48.4 Å². The van der Waals surface area contributed by atoms with Crippen LogP contribution < -0.4 is 0 Å². The maximum atomic E-state index is 13.3. The lowest BCUT2D eigenvalue weighted by atomic mass is 9.96. The monoisotopic (exact) mass is 644 g/mol. The van der Waals surface area contributed by atoms with Crippen molar-refractivity contribution in [1.29, 1.82) is 0 Å². The van der Waals surface area contributed by atoms with Gasteiger partial charge in [0.25, 0.3) is 0 Å². The van der Waals surface area contributed by atoms with Gasteiger partial charge in [-0.25, -0.2) is 0 Å². The Morgan fingerprint density at radius 2 is 1.49 bits per heavy atom. The van der Waals surface area contributed by atoms with Crippen molar-refractivity contribution in [2.45, 2.75) is 110 Å². The van der Waals surface area contributed by atoms with E-state index in [1.807, 2.05) is 37.3 Å². The number of hydrogen-bond acceptors (Lipinski definition) is 9. The van der Waals surface area contributed by atoms with Crippen LogP contribution in [0.3, 0.4) is 0 Å². The lowest BCUT2D eigenvalue weighted by Gasteiger charge is -2.43. The van der Waals surface area contributed by atoms with E-state index in [2.05, 4.69) is 41.5 Å². The normalized spacial score (nSPS) is 17.1. The topological polar surface area (TPSA) is 98.8 Å². The molecule has 0 N–H and O–H groups in total. The van der Waals surface area contributed by atoms with Gasteiger partial charge in [-0.15, -0.1) is 0 Å². The summed E-state index contributed by atoms with van der Waals surface area (Å²) >= 11 is 0. The minimum atomic E-state index is -3.63. The summed E-state index contributed by atoms with van der Waals surface area (Å²) < 4.78 is 55.1. The van der Waals surface area contributed by atoms with E-state index in [9.17, 15) is 9.36 Å². The first-order valence-electron chi connectivity index (χ1n) is 15.9. The van der Waals surface area contributed by atoms with Gasteiger partial charge in [0.05, 0.1) is 39.6 Å². The molecule has 0 unspecified atom stereocenters. The van der Waals surface area contributed by atoms with E-state index in [0.717, 1.165) is 5.56 Å². The summed E-state index contributed by atoms with van der Waals surface area (Å²) in [4.78, 5) is 13.3. The van der Waals surface area contributed by atoms with Crippen molar-refractivity contribution >= 4 is 21.9 Å². The number of hydrogen-bond donors (Lipinski definition) is 0. The van der Waals surface area contributed by atoms with Gasteiger partial charge in [-0.05, 0) is 36.0 Å². The molecule has 11 heteroatoms. The van der Waals surface area contributed by atoms with Crippen LogP contribution >= 0.6 is 7.60 Å². The maximum Gasteiger partial charge on any atom is 0.341 e. The molecular weight excluding hydrogens is 587 g/mol. The SMILES string of the molecule is CCOP(=O)(CC(=O)O[C@H](CC1(CCOCc2ccccc2)OCCO1)[C@H](C)CO[Si](C(C)C)(C(C)C)C(C)C)OCC. The zero-order valence-corrected chi connectivity index (χ0v) is 29.9. The second-order valence-corrected chi connectivity index (χ2v) is 19.9. The summed E-state index contributed by atoms with van der Waals surface area (Å²) in [6.45, 7) is 21.5. The molecule has 2 rings (SSSR count). The van der Waals surface area contributed by atoms with Crippen LogP contribution in [-0.4, -0.2) is 72.0 Å².